The lowest BCUT2D eigenvalue weighted by molar-refractivity contribution is 0.122. The molecule has 1 saturated heterocycles. The fourth-order valence-corrected chi connectivity index (χ4v) is 9.52. The second-order valence-corrected chi connectivity index (χ2v) is 15.5. The van der Waals surface area contributed by atoms with E-state index in [1.54, 1.807) is 0 Å². The van der Waals surface area contributed by atoms with Crippen LogP contribution >= 0.6 is 0 Å². The predicted molar refractivity (Wildman–Crippen MR) is 198 cm³/mol. The maximum atomic E-state index is 7.60. The number of hydrogen-bond acceptors (Lipinski definition) is 3. The Labute approximate surface area is 285 Å². The lowest BCUT2D eigenvalue weighted by Gasteiger charge is -2.45. The van der Waals surface area contributed by atoms with Crippen LogP contribution in [0.15, 0.2) is 109 Å². The van der Waals surface area contributed by atoms with Crippen molar-refractivity contribution in [3.8, 4) is 16.9 Å². The molecule has 5 aromatic carbocycles. The van der Waals surface area contributed by atoms with Gasteiger partial charge in [0.2, 0.25) is 0 Å². The van der Waals surface area contributed by atoms with Gasteiger partial charge in [-0.2, -0.15) is 0 Å². The van der Waals surface area contributed by atoms with Gasteiger partial charge in [0, 0.05) is 46.3 Å². The smallest absolute Gasteiger partial charge is 0.178 e. The van der Waals surface area contributed by atoms with Crippen molar-refractivity contribution in [2.45, 2.75) is 57.5 Å². The van der Waals surface area contributed by atoms with Gasteiger partial charge in [0.1, 0.15) is 5.75 Å². The van der Waals surface area contributed by atoms with Gasteiger partial charge in [0.15, 0.2) is 5.60 Å². The van der Waals surface area contributed by atoms with Gasteiger partial charge in [-0.05, 0) is 82.9 Å². The highest BCUT2D eigenvalue weighted by Gasteiger charge is 2.50. The van der Waals surface area contributed by atoms with E-state index in [4.69, 9.17) is 9.47 Å². The Morgan fingerprint density at radius 2 is 1.35 bits per heavy atom. The summed E-state index contributed by atoms with van der Waals surface area (Å²) in [6.45, 7) is 10.7. The summed E-state index contributed by atoms with van der Waals surface area (Å²) in [4.78, 5) is 2.41. The highest BCUT2D eigenvalue weighted by molar-refractivity contribution is 6.08. The molecule has 4 aliphatic rings. The summed E-state index contributed by atoms with van der Waals surface area (Å²) in [5.74, 6) is 1.74. The number of hydrogen-bond donors (Lipinski definition) is 0. The summed E-state index contributed by atoms with van der Waals surface area (Å²) >= 11 is 0. The maximum Gasteiger partial charge on any atom is 0.178 e. The van der Waals surface area contributed by atoms with Crippen LogP contribution in [0, 0.1) is 11.3 Å². The molecule has 1 unspecified atom stereocenters. The zero-order valence-corrected chi connectivity index (χ0v) is 28.5. The zero-order valence-electron chi connectivity index (χ0n) is 28.5. The standard InChI is InChI=1S/C45H45NO2/c1-43(2,3)31-21-24-44(25-22-31)39-16-10-9-15-37(39)40-35-13-7-8-14-36(35)42-38(41(40)44)23-26-45(48-42,32-11-5-4-6-12-32)33-17-19-34(20-18-33)46-27-29-47-30-28-46/h4-20,23,26,31H,21-22,24-25,27-30H2,1-3H3. The first-order valence-corrected chi connectivity index (χ1v) is 18.0. The molecular weight excluding hydrogens is 587 g/mol. The minimum Gasteiger partial charge on any atom is -0.472 e. The van der Waals surface area contributed by atoms with E-state index in [-0.39, 0.29) is 5.41 Å². The number of fused-ring (bicyclic) bond motifs is 10. The minimum absolute atomic E-state index is 0.0119. The van der Waals surface area contributed by atoms with E-state index < -0.39 is 5.60 Å². The lowest BCUT2D eigenvalue weighted by Crippen LogP contribution is -2.38. The van der Waals surface area contributed by atoms with Crippen molar-refractivity contribution in [2.24, 2.45) is 11.3 Å². The molecule has 2 aliphatic heterocycles. The van der Waals surface area contributed by atoms with E-state index in [0.29, 0.717) is 5.41 Å². The molecule has 242 valence electrons. The molecule has 5 aromatic rings. The van der Waals surface area contributed by atoms with Crippen molar-refractivity contribution < 1.29 is 9.47 Å². The summed E-state index contributed by atoms with van der Waals surface area (Å²) in [6, 6.07) is 38.1. The van der Waals surface area contributed by atoms with Crippen molar-refractivity contribution in [3.63, 3.8) is 0 Å². The monoisotopic (exact) mass is 631 g/mol. The van der Waals surface area contributed by atoms with Gasteiger partial charge >= 0.3 is 0 Å². The van der Waals surface area contributed by atoms with Crippen molar-refractivity contribution in [1.29, 1.82) is 0 Å². The van der Waals surface area contributed by atoms with E-state index in [0.717, 1.165) is 49.1 Å². The van der Waals surface area contributed by atoms with Gasteiger partial charge in [0.25, 0.3) is 0 Å². The Morgan fingerprint density at radius 3 is 2.08 bits per heavy atom. The zero-order chi connectivity index (χ0) is 32.5. The van der Waals surface area contributed by atoms with Crippen LogP contribution in [0.25, 0.3) is 28.0 Å². The van der Waals surface area contributed by atoms with E-state index in [1.807, 2.05) is 0 Å². The molecule has 3 heteroatoms. The van der Waals surface area contributed by atoms with Crippen LogP contribution in [0.1, 0.15) is 74.3 Å². The molecule has 9 rings (SSSR count). The predicted octanol–water partition coefficient (Wildman–Crippen LogP) is 10.5. The Hall–Kier alpha value is -4.34. The van der Waals surface area contributed by atoms with Gasteiger partial charge in [0.05, 0.1) is 13.2 Å². The van der Waals surface area contributed by atoms with Crippen LogP contribution in [0.5, 0.6) is 5.75 Å². The van der Waals surface area contributed by atoms with Crippen LogP contribution in [0.2, 0.25) is 0 Å². The van der Waals surface area contributed by atoms with Crippen LogP contribution in [-0.2, 0) is 15.8 Å². The molecule has 2 aliphatic carbocycles. The number of ether oxygens (including phenoxy) is 2. The molecular formula is C45H45NO2. The summed E-state index contributed by atoms with van der Waals surface area (Å²) in [5, 5.41) is 2.49. The van der Waals surface area contributed by atoms with Gasteiger partial charge < -0.3 is 14.4 Å². The van der Waals surface area contributed by atoms with Crippen LogP contribution in [-0.4, -0.2) is 26.3 Å². The Balaban J connectivity index is 1.24. The average molecular weight is 632 g/mol. The highest BCUT2D eigenvalue weighted by Crippen LogP contribution is 2.63. The molecule has 0 bridgehead atoms. The second-order valence-electron chi connectivity index (χ2n) is 15.5. The summed E-state index contributed by atoms with van der Waals surface area (Å²) in [7, 11) is 0. The van der Waals surface area contributed by atoms with Crippen molar-refractivity contribution in [3.05, 3.63) is 137 Å². The third-order valence-electron chi connectivity index (χ3n) is 12.1. The molecule has 0 radical (unpaired) electrons. The third kappa shape index (κ3) is 4.43. The number of anilines is 1. The normalized spacial score (nSPS) is 24.6. The van der Waals surface area contributed by atoms with Crippen molar-refractivity contribution >= 4 is 22.5 Å². The second kappa shape index (κ2) is 11.1. The molecule has 3 nitrogen and oxygen atoms in total. The Morgan fingerprint density at radius 1 is 0.708 bits per heavy atom. The fraction of sp³-hybridized carbons (Fsp3) is 0.333. The largest absolute Gasteiger partial charge is 0.472 e. The number of morpholine rings is 1. The fourth-order valence-electron chi connectivity index (χ4n) is 9.52. The van der Waals surface area contributed by atoms with Crippen LogP contribution in [0.4, 0.5) is 5.69 Å². The number of nitrogens with zero attached hydrogens (tertiary/aromatic N) is 1. The molecule has 0 amide bonds. The molecule has 2 heterocycles. The first kappa shape index (κ1) is 29.8. The van der Waals surface area contributed by atoms with E-state index in [2.05, 4.69) is 141 Å². The summed E-state index contributed by atoms with van der Waals surface area (Å²) in [5.41, 5.74) is 10.2. The maximum absolute atomic E-state index is 7.60. The summed E-state index contributed by atoms with van der Waals surface area (Å²) < 4.78 is 13.2. The van der Waals surface area contributed by atoms with Gasteiger partial charge in [-0.3, -0.25) is 0 Å². The Bertz CT molecular complexity index is 2020. The Kier molecular flexibility index (Phi) is 6.89. The topological polar surface area (TPSA) is 21.7 Å². The summed E-state index contributed by atoms with van der Waals surface area (Å²) in [6.07, 6.45) is 9.60. The first-order chi connectivity index (χ1) is 23.4. The molecule has 1 atom stereocenters. The van der Waals surface area contributed by atoms with Crippen LogP contribution < -0.4 is 9.64 Å². The average Bonchev–Trinajstić information content (AvgIpc) is 3.41. The molecule has 2 fully saturated rings. The third-order valence-corrected chi connectivity index (χ3v) is 12.1. The SMILES string of the molecule is CC(C)(C)C1CCC2(CC1)c1ccccc1-c1c2c2c(c3ccccc13)OC(c1ccccc1)(c1ccc(N3CCOCC3)cc1)C=C2. The van der Waals surface area contributed by atoms with E-state index in [9.17, 15) is 0 Å². The molecule has 1 saturated carbocycles. The van der Waals surface area contributed by atoms with Crippen molar-refractivity contribution in [2.75, 3.05) is 31.2 Å². The first-order valence-electron chi connectivity index (χ1n) is 18.0. The van der Waals surface area contributed by atoms with Gasteiger partial charge in [-0.1, -0.05) is 118 Å². The number of rotatable bonds is 3. The minimum atomic E-state index is -0.753. The van der Waals surface area contributed by atoms with Crippen LogP contribution in [0.3, 0.4) is 0 Å². The van der Waals surface area contributed by atoms with E-state index >= 15 is 0 Å². The van der Waals surface area contributed by atoms with Gasteiger partial charge in [-0.15, -0.1) is 0 Å². The van der Waals surface area contributed by atoms with Crippen molar-refractivity contribution in [1.82, 2.24) is 0 Å². The quantitative estimate of drug-likeness (QED) is 0.198. The van der Waals surface area contributed by atoms with E-state index in [1.165, 1.54) is 70.0 Å². The van der Waals surface area contributed by atoms with Gasteiger partial charge in [-0.25, -0.2) is 0 Å². The molecule has 0 aromatic heterocycles. The lowest BCUT2D eigenvalue weighted by atomic mass is 9.60. The molecule has 1 spiro atoms. The molecule has 48 heavy (non-hydrogen) atoms. The highest BCUT2D eigenvalue weighted by atomic mass is 16.5. The molecule has 0 N–H and O–H groups in total. The number of benzene rings is 5.